The largest absolute Gasteiger partial charge is 0.367 e. The molecule has 3 rings (SSSR count). The highest BCUT2D eigenvalue weighted by Gasteiger charge is 2.18. The molecular formula is C20H28FN5. The number of nitrogens with zero attached hydrogens (tertiary/aromatic N) is 4. The molecule has 0 unspecified atom stereocenters. The zero-order valence-electron chi connectivity index (χ0n) is 15.9. The summed E-state index contributed by atoms with van der Waals surface area (Å²) in [6, 6.07) is 7.47. The summed E-state index contributed by atoms with van der Waals surface area (Å²) in [5.74, 6) is 1.39. The summed E-state index contributed by atoms with van der Waals surface area (Å²) >= 11 is 0. The smallest absolute Gasteiger partial charge is 0.146 e. The fourth-order valence-corrected chi connectivity index (χ4v) is 3.32. The van der Waals surface area contributed by atoms with Crippen molar-refractivity contribution >= 4 is 11.5 Å². The van der Waals surface area contributed by atoms with Gasteiger partial charge in [0.05, 0.1) is 5.69 Å². The van der Waals surface area contributed by atoms with E-state index in [-0.39, 0.29) is 5.82 Å². The number of benzene rings is 1. The number of piperazine rings is 1. The van der Waals surface area contributed by atoms with Gasteiger partial charge in [0.1, 0.15) is 17.5 Å². The molecule has 1 aliphatic rings. The Morgan fingerprint density at radius 2 is 1.85 bits per heavy atom. The van der Waals surface area contributed by atoms with E-state index in [9.17, 15) is 4.39 Å². The summed E-state index contributed by atoms with van der Waals surface area (Å²) in [7, 11) is 0. The predicted molar refractivity (Wildman–Crippen MR) is 104 cm³/mol. The lowest BCUT2D eigenvalue weighted by molar-refractivity contribution is 0.270. The minimum absolute atomic E-state index is 0.151. The molecule has 1 N–H and O–H groups in total. The second-order valence-electron chi connectivity index (χ2n) is 6.71. The Balaban J connectivity index is 1.64. The van der Waals surface area contributed by atoms with Crippen LogP contribution < -0.4 is 10.2 Å². The molecule has 5 nitrogen and oxygen atoms in total. The van der Waals surface area contributed by atoms with Crippen LogP contribution in [0.15, 0.2) is 24.3 Å². The van der Waals surface area contributed by atoms with E-state index in [0.717, 1.165) is 62.0 Å². The Hall–Kier alpha value is -2.21. The minimum Gasteiger partial charge on any atom is -0.367 e. The number of hydrogen-bond acceptors (Lipinski definition) is 5. The number of halogens is 1. The average molecular weight is 357 g/mol. The molecule has 2 aromatic rings. The molecule has 0 saturated carbocycles. The summed E-state index contributed by atoms with van der Waals surface area (Å²) in [5.41, 5.74) is 2.62. The van der Waals surface area contributed by atoms with Gasteiger partial charge in [0, 0.05) is 44.5 Å². The summed E-state index contributed by atoms with van der Waals surface area (Å²) in [6.07, 6.45) is 0.868. The number of anilines is 2. The van der Waals surface area contributed by atoms with Gasteiger partial charge >= 0.3 is 0 Å². The Morgan fingerprint density at radius 3 is 2.50 bits per heavy atom. The van der Waals surface area contributed by atoms with E-state index >= 15 is 0 Å². The van der Waals surface area contributed by atoms with Crippen LogP contribution in [0.3, 0.4) is 0 Å². The van der Waals surface area contributed by atoms with Crippen molar-refractivity contribution in [1.29, 1.82) is 0 Å². The molecule has 26 heavy (non-hydrogen) atoms. The van der Waals surface area contributed by atoms with Crippen molar-refractivity contribution in [2.75, 3.05) is 42.9 Å². The Labute approximate surface area is 155 Å². The second kappa shape index (κ2) is 8.45. The van der Waals surface area contributed by atoms with Gasteiger partial charge < -0.3 is 15.1 Å². The van der Waals surface area contributed by atoms with Crippen molar-refractivity contribution in [3.8, 4) is 0 Å². The van der Waals surface area contributed by atoms with Crippen LogP contribution in [0.4, 0.5) is 15.9 Å². The van der Waals surface area contributed by atoms with Gasteiger partial charge in [-0.05, 0) is 37.6 Å². The molecule has 1 saturated heterocycles. The Bertz CT molecular complexity index is 741. The van der Waals surface area contributed by atoms with Crippen molar-refractivity contribution in [2.24, 2.45) is 0 Å². The van der Waals surface area contributed by atoms with Gasteiger partial charge in [0.2, 0.25) is 0 Å². The third-order valence-corrected chi connectivity index (χ3v) is 4.90. The van der Waals surface area contributed by atoms with Gasteiger partial charge in [0.25, 0.3) is 0 Å². The highest BCUT2D eigenvalue weighted by atomic mass is 19.1. The van der Waals surface area contributed by atoms with E-state index in [2.05, 4.69) is 38.9 Å². The van der Waals surface area contributed by atoms with Crippen LogP contribution in [0.5, 0.6) is 0 Å². The Morgan fingerprint density at radius 1 is 1.08 bits per heavy atom. The number of aryl methyl sites for hydroxylation is 2. The van der Waals surface area contributed by atoms with Gasteiger partial charge in [-0.1, -0.05) is 19.9 Å². The van der Waals surface area contributed by atoms with Crippen molar-refractivity contribution in [3.05, 3.63) is 47.2 Å². The second-order valence-corrected chi connectivity index (χ2v) is 6.71. The van der Waals surface area contributed by atoms with Crippen LogP contribution in [0, 0.1) is 12.7 Å². The van der Waals surface area contributed by atoms with E-state index in [1.807, 2.05) is 25.1 Å². The third kappa shape index (κ3) is 4.49. The maximum atomic E-state index is 14.6. The monoisotopic (exact) mass is 357 g/mol. The molecular weight excluding hydrogens is 329 g/mol. The lowest BCUT2D eigenvalue weighted by atomic mass is 10.1. The lowest BCUT2D eigenvalue weighted by Crippen LogP contribution is -2.46. The van der Waals surface area contributed by atoms with Crippen molar-refractivity contribution in [3.63, 3.8) is 0 Å². The summed E-state index contributed by atoms with van der Waals surface area (Å²) < 4.78 is 14.6. The standard InChI is InChI=1S/C20H28FN5/c1-4-17-13-20(24-15(3)23-17)22-14-16-6-7-19(18(21)12-16)26-10-8-25(5-2)9-11-26/h6-7,12-13H,4-5,8-11,14H2,1-3H3,(H,22,23,24). The maximum absolute atomic E-state index is 14.6. The van der Waals surface area contributed by atoms with Gasteiger partial charge in [-0.15, -0.1) is 0 Å². The molecule has 0 aliphatic carbocycles. The van der Waals surface area contributed by atoms with Crippen LogP contribution in [0.2, 0.25) is 0 Å². The first-order valence-corrected chi connectivity index (χ1v) is 9.43. The van der Waals surface area contributed by atoms with E-state index in [0.29, 0.717) is 12.2 Å². The Kier molecular flexibility index (Phi) is 6.04. The van der Waals surface area contributed by atoms with Crippen molar-refractivity contribution < 1.29 is 4.39 Å². The summed E-state index contributed by atoms with van der Waals surface area (Å²) in [6.45, 7) is 11.5. The molecule has 1 aromatic heterocycles. The summed E-state index contributed by atoms with van der Waals surface area (Å²) in [4.78, 5) is 13.3. The molecule has 0 radical (unpaired) electrons. The van der Waals surface area contributed by atoms with Gasteiger partial charge in [-0.2, -0.15) is 0 Å². The third-order valence-electron chi connectivity index (χ3n) is 4.90. The first-order valence-electron chi connectivity index (χ1n) is 9.43. The fourth-order valence-electron chi connectivity index (χ4n) is 3.32. The van der Waals surface area contributed by atoms with Crippen molar-refractivity contribution in [1.82, 2.24) is 14.9 Å². The fraction of sp³-hybridized carbons (Fsp3) is 0.500. The van der Waals surface area contributed by atoms with E-state index in [1.165, 1.54) is 0 Å². The van der Waals surface area contributed by atoms with Crippen LogP contribution in [0.25, 0.3) is 0 Å². The SMILES string of the molecule is CCc1cc(NCc2ccc(N3CCN(CC)CC3)c(F)c2)nc(C)n1. The van der Waals surface area contributed by atoms with Crippen LogP contribution in [-0.4, -0.2) is 47.6 Å². The van der Waals surface area contributed by atoms with Gasteiger partial charge in [-0.25, -0.2) is 14.4 Å². The van der Waals surface area contributed by atoms with E-state index < -0.39 is 0 Å². The van der Waals surface area contributed by atoms with Crippen LogP contribution >= 0.6 is 0 Å². The molecule has 0 atom stereocenters. The van der Waals surface area contributed by atoms with Gasteiger partial charge in [0.15, 0.2) is 0 Å². The molecule has 6 heteroatoms. The maximum Gasteiger partial charge on any atom is 0.146 e. The quantitative estimate of drug-likeness (QED) is 0.860. The van der Waals surface area contributed by atoms with E-state index in [1.54, 1.807) is 6.07 Å². The first-order chi connectivity index (χ1) is 12.6. The molecule has 140 valence electrons. The molecule has 1 aliphatic heterocycles. The first kappa shape index (κ1) is 18.6. The molecule has 2 heterocycles. The number of likely N-dealkylation sites (N-methyl/N-ethyl adjacent to an activating group) is 1. The number of hydrogen-bond donors (Lipinski definition) is 1. The highest BCUT2D eigenvalue weighted by Crippen LogP contribution is 2.22. The molecule has 0 bridgehead atoms. The number of nitrogens with one attached hydrogen (secondary N) is 1. The van der Waals surface area contributed by atoms with Gasteiger partial charge in [-0.3, -0.25) is 0 Å². The highest BCUT2D eigenvalue weighted by molar-refractivity contribution is 5.50. The van der Waals surface area contributed by atoms with E-state index in [4.69, 9.17) is 0 Å². The minimum atomic E-state index is -0.151. The number of aromatic nitrogens is 2. The lowest BCUT2D eigenvalue weighted by Gasteiger charge is -2.35. The molecule has 1 fully saturated rings. The van der Waals surface area contributed by atoms with Crippen molar-refractivity contribution in [2.45, 2.75) is 33.7 Å². The molecule has 0 amide bonds. The topological polar surface area (TPSA) is 44.3 Å². The predicted octanol–water partition coefficient (Wildman–Crippen LogP) is 3.24. The van der Waals surface area contributed by atoms with Crippen LogP contribution in [0.1, 0.15) is 30.9 Å². The number of rotatable bonds is 6. The average Bonchev–Trinajstić information content (AvgIpc) is 2.66. The zero-order chi connectivity index (χ0) is 18.5. The normalized spacial score (nSPS) is 15.3. The molecule has 1 aromatic carbocycles. The van der Waals surface area contributed by atoms with Crippen LogP contribution in [-0.2, 0) is 13.0 Å². The molecule has 0 spiro atoms. The summed E-state index contributed by atoms with van der Waals surface area (Å²) in [5, 5.41) is 3.28. The zero-order valence-corrected chi connectivity index (χ0v) is 15.9.